The summed E-state index contributed by atoms with van der Waals surface area (Å²) in [5.74, 6) is 0.325. The SMILES string of the molecule is O=C1CCc2cc(C=CCCNC(=O)OCc3ccccc3)ccc2C1. The van der Waals surface area contributed by atoms with Gasteiger partial charge in [0.15, 0.2) is 0 Å². The molecular weight excluding hydrogens is 326 g/mol. The molecule has 4 heteroatoms. The van der Waals surface area contributed by atoms with Crippen LogP contribution < -0.4 is 5.32 Å². The van der Waals surface area contributed by atoms with Crippen LogP contribution in [0.5, 0.6) is 0 Å². The van der Waals surface area contributed by atoms with E-state index in [0.29, 0.717) is 25.2 Å². The van der Waals surface area contributed by atoms with Crippen LogP contribution in [0.15, 0.2) is 54.6 Å². The van der Waals surface area contributed by atoms with Crippen molar-refractivity contribution >= 4 is 18.0 Å². The third-order valence-corrected chi connectivity index (χ3v) is 4.39. The summed E-state index contributed by atoms with van der Waals surface area (Å²) in [6.07, 6.45) is 6.46. The lowest BCUT2D eigenvalue weighted by molar-refractivity contribution is -0.118. The Labute approximate surface area is 153 Å². The number of carbonyl (C=O) groups is 2. The van der Waals surface area contributed by atoms with Crippen LogP contribution in [-0.4, -0.2) is 18.4 Å². The zero-order chi connectivity index (χ0) is 18.2. The highest BCUT2D eigenvalue weighted by Crippen LogP contribution is 2.21. The second kappa shape index (κ2) is 8.99. The number of fused-ring (bicyclic) bond motifs is 1. The standard InChI is InChI=1S/C22H23NO3/c24-21-12-11-19-14-17(9-10-20(19)15-21)6-4-5-13-23-22(25)26-16-18-7-2-1-3-8-18/h1-4,6-10,14H,5,11-13,15-16H2,(H,23,25). The van der Waals surface area contributed by atoms with Crippen molar-refractivity contribution in [2.75, 3.05) is 6.54 Å². The summed E-state index contributed by atoms with van der Waals surface area (Å²) in [5, 5.41) is 2.74. The second-order valence-corrected chi connectivity index (χ2v) is 6.42. The molecule has 1 aliphatic carbocycles. The van der Waals surface area contributed by atoms with Gasteiger partial charge < -0.3 is 10.1 Å². The molecule has 0 saturated carbocycles. The summed E-state index contributed by atoms with van der Waals surface area (Å²) in [5.41, 5.74) is 4.53. The van der Waals surface area contributed by atoms with E-state index in [1.807, 2.05) is 54.6 Å². The van der Waals surface area contributed by atoms with Crippen molar-refractivity contribution < 1.29 is 14.3 Å². The van der Waals surface area contributed by atoms with Gasteiger partial charge in [-0.1, -0.05) is 60.7 Å². The van der Waals surface area contributed by atoms with Crippen LogP contribution in [0.4, 0.5) is 4.79 Å². The van der Waals surface area contributed by atoms with E-state index in [-0.39, 0.29) is 6.61 Å². The van der Waals surface area contributed by atoms with Crippen molar-refractivity contribution in [3.63, 3.8) is 0 Å². The Bertz CT molecular complexity index is 796. The Morgan fingerprint density at radius 2 is 1.92 bits per heavy atom. The number of benzene rings is 2. The molecule has 2 aromatic rings. The van der Waals surface area contributed by atoms with Gasteiger partial charge in [0.25, 0.3) is 0 Å². The molecule has 1 N–H and O–H groups in total. The van der Waals surface area contributed by atoms with Gasteiger partial charge in [-0.2, -0.15) is 0 Å². The van der Waals surface area contributed by atoms with Gasteiger partial charge in [0.1, 0.15) is 12.4 Å². The number of Topliss-reactive ketones (excluding diaryl/α,β-unsaturated/α-hetero) is 1. The normalized spacial score (nSPS) is 13.5. The first-order valence-corrected chi connectivity index (χ1v) is 8.95. The lowest BCUT2D eigenvalue weighted by Gasteiger charge is -2.15. The van der Waals surface area contributed by atoms with Crippen molar-refractivity contribution in [3.8, 4) is 0 Å². The molecule has 1 aliphatic rings. The molecule has 0 unspecified atom stereocenters. The molecule has 26 heavy (non-hydrogen) atoms. The van der Waals surface area contributed by atoms with E-state index in [2.05, 4.69) is 11.4 Å². The zero-order valence-corrected chi connectivity index (χ0v) is 14.7. The summed E-state index contributed by atoms with van der Waals surface area (Å²) in [6.45, 7) is 0.809. The molecule has 0 atom stereocenters. The lowest BCUT2D eigenvalue weighted by atomic mass is 9.89. The van der Waals surface area contributed by atoms with Gasteiger partial charge in [-0.05, 0) is 35.1 Å². The van der Waals surface area contributed by atoms with E-state index >= 15 is 0 Å². The van der Waals surface area contributed by atoms with Gasteiger partial charge in [-0.15, -0.1) is 0 Å². The minimum atomic E-state index is -0.402. The Hall–Kier alpha value is -2.88. The maximum Gasteiger partial charge on any atom is 0.407 e. The van der Waals surface area contributed by atoms with Gasteiger partial charge in [0.05, 0.1) is 0 Å². The first-order chi connectivity index (χ1) is 12.7. The number of alkyl carbamates (subject to hydrolysis) is 1. The first kappa shape index (κ1) is 17.9. The monoisotopic (exact) mass is 349 g/mol. The predicted molar refractivity (Wildman–Crippen MR) is 102 cm³/mol. The van der Waals surface area contributed by atoms with E-state index in [9.17, 15) is 9.59 Å². The second-order valence-electron chi connectivity index (χ2n) is 6.42. The highest BCUT2D eigenvalue weighted by Gasteiger charge is 2.14. The van der Waals surface area contributed by atoms with Crippen molar-refractivity contribution in [1.82, 2.24) is 5.32 Å². The van der Waals surface area contributed by atoms with Crippen LogP contribution in [0.1, 0.15) is 35.1 Å². The average Bonchev–Trinajstić information content (AvgIpc) is 2.67. The molecular formula is C22H23NO3. The Morgan fingerprint density at radius 3 is 2.77 bits per heavy atom. The van der Waals surface area contributed by atoms with E-state index in [1.165, 1.54) is 5.56 Å². The molecule has 0 aromatic heterocycles. The molecule has 0 radical (unpaired) electrons. The highest BCUT2D eigenvalue weighted by molar-refractivity contribution is 5.83. The van der Waals surface area contributed by atoms with E-state index in [1.54, 1.807) is 0 Å². The fraction of sp³-hybridized carbons (Fsp3) is 0.273. The van der Waals surface area contributed by atoms with Crippen LogP contribution >= 0.6 is 0 Å². The molecule has 0 spiro atoms. The molecule has 0 heterocycles. The molecule has 0 aliphatic heterocycles. The van der Waals surface area contributed by atoms with Crippen molar-refractivity contribution in [3.05, 3.63) is 76.9 Å². The quantitative estimate of drug-likeness (QED) is 0.800. The third-order valence-electron chi connectivity index (χ3n) is 4.39. The third kappa shape index (κ3) is 5.31. The molecule has 0 fully saturated rings. The molecule has 2 aromatic carbocycles. The summed E-state index contributed by atoms with van der Waals surface area (Å²) in [7, 11) is 0. The van der Waals surface area contributed by atoms with Crippen molar-refractivity contribution in [1.29, 1.82) is 0 Å². The minimum Gasteiger partial charge on any atom is -0.445 e. The summed E-state index contributed by atoms with van der Waals surface area (Å²) >= 11 is 0. The molecule has 134 valence electrons. The van der Waals surface area contributed by atoms with E-state index in [0.717, 1.165) is 29.5 Å². The van der Waals surface area contributed by atoms with E-state index in [4.69, 9.17) is 4.74 Å². The molecule has 3 rings (SSSR count). The van der Waals surface area contributed by atoms with Gasteiger partial charge in [0, 0.05) is 19.4 Å². The fourth-order valence-electron chi connectivity index (χ4n) is 2.98. The van der Waals surface area contributed by atoms with Crippen molar-refractivity contribution in [2.45, 2.75) is 32.3 Å². The Balaban J connectivity index is 1.38. The number of hydrogen-bond donors (Lipinski definition) is 1. The number of amides is 1. The van der Waals surface area contributed by atoms with Crippen LogP contribution in [0.25, 0.3) is 6.08 Å². The number of ketones is 1. The number of carbonyl (C=O) groups excluding carboxylic acids is 2. The van der Waals surface area contributed by atoms with Crippen LogP contribution in [-0.2, 0) is 29.0 Å². The molecule has 0 saturated heterocycles. The summed E-state index contributed by atoms with van der Waals surface area (Å²) in [4.78, 5) is 23.1. The number of nitrogens with one attached hydrogen (secondary N) is 1. The number of ether oxygens (including phenoxy) is 1. The summed E-state index contributed by atoms with van der Waals surface area (Å²) < 4.78 is 5.16. The predicted octanol–water partition coefficient (Wildman–Crippen LogP) is 4.07. The molecule has 1 amide bonds. The van der Waals surface area contributed by atoms with Gasteiger partial charge in [-0.25, -0.2) is 4.79 Å². The maximum atomic E-state index is 11.7. The van der Waals surface area contributed by atoms with Gasteiger partial charge in [0.2, 0.25) is 0 Å². The average molecular weight is 349 g/mol. The van der Waals surface area contributed by atoms with Crippen LogP contribution in [0, 0.1) is 0 Å². The fourth-order valence-corrected chi connectivity index (χ4v) is 2.98. The van der Waals surface area contributed by atoms with Crippen LogP contribution in [0.2, 0.25) is 0 Å². The first-order valence-electron chi connectivity index (χ1n) is 8.95. The zero-order valence-electron chi connectivity index (χ0n) is 14.7. The molecule has 0 bridgehead atoms. The largest absolute Gasteiger partial charge is 0.445 e. The van der Waals surface area contributed by atoms with Gasteiger partial charge >= 0.3 is 6.09 Å². The Kier molecular flexibility index (Phi) is 6.20. The highest BCUT2D eigenvalue weighted by atomic mass is 16.5. The Morgan fingerprint density at radius 1 is 1.08 bits per heavy atom. The smallest absolute Gasteiger partial charge is 0.407 e. The number of aryl methyl sites for hydroxylation is 1. The minimum absolute atomic E-state index is 0.278. The number of rotatable bonds is 6. The van der Waals surface area contributed by atoms with Crippen molar-refractivity contribution in [2.24, 2.45) is 0 Å². The lowest BCUT2D eigenvalue weighted by Crippen LogP contribution is -2.24. The van der Waals surface area contributed by atoms with Crippen LogP contribution in [0.3, 0.4) is 0 Å². The van der Waals surface area contributed by atoms with E-state index < -0.39 is 6.09 Å². The summed E-state index contributed by atoms with van der Waals surface area (Å²) in [6, 6.07) is 15.8. The molecule has 4 nitrogen and oxygen atoms in total. The maximum absolute atomic E-state index is 11.7. The number of hydrogen-bond acceptors (Lipinski definition) is 3. The topological polar surface area (TPSA) is 55.4 Å². The van der Waals surface area contributed by atoms with Gasteiger partial charge in [-0.3, -0.25) is 4.79 Å².